The largest absolute Gasteiger partial charge is 0.493 e. The lowest BCUT2D eigenvalue weighted by molar-refractivity contribution is -0.385. The molecule has 21 heavy (non-hydrogen) atoms. The number of rotatable bonds is 7. The highest BCUT2D eigenvalue weighted by Gasteiger charge is 2.27. The van der Waals surface area contributed by atoms with Gasteiger partial charge in [-0.25, -0.2) is 4.79 Å². The molecule has 0 aliphatic rings. The van der Waals surface area contributed by atoms with E-state index in [0.29, 0.717) is 6.29 Å². The van der Waals surface area contributed by atoms with E-state index in [0.717, 1.165) is 12.1 Å². The van der Waals surface area contributed by atoms with Gasteiger partial charge in [0.2, 0.25) is 0 Å². The number of aldehydes is 1. The van der Waals surface area contributed by atoms with Gasteiger partial charge in [-0.15, -0.1) is 0 Å². The Balaban J connectivity index is 3.33. The van der Waals surface area contributed by atoms with Crippen molar-refractivity contribution in [2.75, 3.05) is 7.11 Å². The number of carboxylic acid groups (broad SMARTS) is 1. The fourth-order valence-corrected chi connectivity index (χ4v) is 1.68. The third kappa shape index (κ3) is 3.68. The fourth-order valence-electron chi connectivity index (χ4n) is 1.68. The molecule has 1 aromatic rings. The minimum Gasteiger partial charge on any atom is -0.493 e. The number of carboxylic acids is 1. The lowest BCUT2D eigenvalue weighted by atomic mass is 10.1. The molecule has 0 heterocycles. The highest BCUT2D eigenvalue weighted by molar-refractivity contribution is 5.83. The summed E-state index contributed by atoms with van der Waals surface area (Å²) in [6, 6.07) is 2.13. The SMILES string of the molecule is COc1cc(C=O)c([N+](=O)[O-])cc1OC(C(=O)O)C(C)C. The number of benzene rings is 1. The Hall–Kier alpha value is -2.64. The van der Waals surface area contributed by atoms with E-state index >= 15 is 0 Å². The van der Waals surface area contributed by atoms with Gasteiger partial charge in [0.25, 0.3) is 5.69 Å². The van der Waals surface area contributed by atoms with Gasteiger partial charge in [0, 0.05) is 12.0 Å². The van der Waals surface area contributed by atoms with Crippen molar-refractivity contribution in [2.45, 2.75) is 20.0 Å². The number of hydrogen-bond acceptors (Lipinski definition) is 6. The van der Waals surface area contributed by atoms with E-state index in [1.165, 1.54) is 7.11 Å². The summed E-state index contributed by atoms with van der Waals surface area (Å²) >= 11 is 0. The number of nitro benzene ring substituents is 1. The van der Waals surface area contributed by atoms with Crippen molar-refractivity contribution in [1.82, 2.24) is 0 Å². The summed E-state index contributed by atoms with van der Waals surface area (Å²) in [5, 5.41) is 20.0. The fraction of sp³-hybridized carbons (Fsp3) is 0.385. The van der Waals surface area contributed by atoms with Gasteiger partial charge in [0.15, 0.2) is 23.9 Å². The topological polar surface area (TPSA) is 116 Å². The van der Waals surface area contributed by atoms with Gasteiger partial charge in [0.05, 0.1) is 23.7 Å². The average molecular weight is 297 g/mol. The Labute approximate surface area is 120 Å². The van der Waals surface area contributed by atoms with Crippen molar-refractivity contribution in [3.63, 3.8) is 0 Å². The molecule has 0 radical (unpaired) electrons. The van der Waals surface area contributed by atoms with Crippen LogP contribution in [-0.2, 0) is 4.79 Å². The van der Waals surface area contributed by atoms with Crippen LogP contribution in [-0.4, -0.2) is 35.5 Å². The van der Waals surface area contributed by atoms with E-state index < -0.39 is 22.7 Å². The van der Waals surface area contributed by atoms with Crippen LogP contribution < -0.4 is 9.47 Å². The maximum absolute atomic E-state index is 11.1. The predicted molar refractivity (Wildman–Crippen MR) is 71.9 cm³/mol. The molecule has 0 amide bonds. The van der Waals surface area contributed by atoms with Crippen molar-refractivity contribution >= 4 is 17.9 Å². The van der Waals surface area contributed by atoms with Crippen LogP contribution in [0.4, 0.5) is 5.69 Å². The Morgan fingerprint density at radius 1 is 1.38 bits per heavy atom. The Bertz CT molecular complexity index is 568. The molecule has 1 unspecified atom stereocenters. The number of methoxy groups -OCH3 is 1. The molecule has 0 aliphatic carbocycles. The first-order valence-electron chi connectivity index (χ1n) is 6.02. The third-order valence-corrected chi connectivity index (χ3v) is 2.74. The van der Waals surface area contributed by atoms with E-state index in [-0.39, 0.29) is 23.0 Å². The molecular formula is C13H15NO7. The van der Waals surface area contributed by atoms with Gasteiger partial charge in [-0.1, -0.05) is 13.8 Å². The van der Waals surface area contributed by atoms with E-state index in [2.05, 4.69) is 0 Å². The minimum absolute atomic E-state index is 0.0506. The number of aliphatic carboxylic acids is 1. The molecule has 0 saturated carbocycles. The zero-order valence-corrected chi connectivity index (χ0v) is 11.7. The molecule has 0 fully saturated rings. The first-order chi connectivity index (χ1) is 9.81. The van der Waals surface area contributed by atoms with Crippen LogP contribution in [0.2, 0.25) is 0 Å². The quantitative estimate of drug-likeness (QED) is 0.464. The zero-order chi connectivity index (χ0) is 16.2. The van der Waals surface area contributed by atoms with Crippen molar-refractivity contribution in [2.24, 2.45) is 5.92 Å². The molecule has 0 aromatic heterocycles. The van der Waals surface area contributed by atoms with Gasteiger partial charge in [-0.05, 0) is 0 Å². The van der Waals surface area contributed by atoms with Crippen molar-refractivity contribution in [3.8, 4) is 11.5 Å². The van der Waals surface area contributed by atoms with Crippen LogP contribution in [0.5, 0.6) is 11.5 Å². The number of carbonyl (C=O) groups is 2. The molecule has 8 nitrogen and oxygen atoms in total. The molecule has 0 spiro atoms. The number of nitro groups is 1. The van der Waals surface area contributed by atoms with Crippen LogP contribution in [0.25, 0.3) is 0 Å². The summed E-state index contributed by atoms with van der Waals surface area (Å²) in [5.74, 6) is -1.61. The van der Waals surface area contributed by atoms with Gasteiger partial charge < -0.3 is 14.6 Å². The van der Waals surface area contributed by atoms with Crippen LogP contribution in [0.15, 0.2) is 12.1 Å². The van der Waals surface area contributed by atoms with Crippen LogP contribution in [0, 0.1) is 16.0 Å². The number of hydrogen-bond donors (Lipinski definition) is 1. The van der Waals surface area contributed by atoms with Crippen LogP contribution in [0.3, 0.4) is 0 Å². The predicted octanol–water partition coefficient (Wildman–Crippen LogP) is 1.90. The van der Waals surface area contributed by atoms with Gasteiger partial charge in [-0.2, -0.15) is 0 Å². The van der Waals surface area contributed by atoms with Crippen molar-refractivity contribution < 1.29 is 29.1 Å². The summed E-state index contributed by atoms with van der Waals surface area (Å²) in [7, 11) is 1.29. The van der Waals surface area contributed by atoms with E-state index in [1.807, 2.05) is 0 Å². The number of carbonyl (C=O) groups excluding carboxylic acids is 1. The first kappa shape index (κ1) is 16.4. The van der Waals surface area contributed by atoms with E-state index in [1.54, 1.807) is 13.8 Å². The maximum Gasteiger partial charge on any atom is 0.345 e. The molecular weight excluding hydrogens is 282 g/mol. The molecule has 8 heteroatoms. The van der Waals surface area contributed by atoms with Crippen molar-refractivity contribution in [1.29, 1.82) is 0 Å². The van der Waals surface area contributed by atoms with Crippen molar-refractivity contribution in [3.05, 3.63) is 27.8 Å². The highest BCUT2D eigenvalue weighted by Crippen LogP contribution is 2.35. The molecule has 1 N–H and O–H groups in total. The molecule has 1 rings (SSSR count). The van der Waals surface area contributed by atoms with E-state index in [4.69, 9.17) is 14.6 Å². The zero-order valence-electron chi connectivity index (χ0n) is 11.7. The smallest absolute Gasteiger partial charge is 0.345 e. The molecule has 0 saturated heterocycles. The average Bonchev–Trinajstić information content (AvgIpc) is 2.42. The first-order valence-corrected chi connectivity index (χ1v) is 6.02. The number of nitrogens with zero attached hydrogens (tertiary/aromatic N) is 1. The summed E-state index contributed by atoms with van der Waals surface area (Å²) in [5.41, 5.74) is -0.658. The standard InChI is InChI=1S/C13H15NO7/c1-7(2)12(13(16)17)21-11-5-9(14(18)19)8(6-15)4-10(11)20-3/h4-7,12H,1-3H3,(H,16,17). The lowest BCUT2D eigenvalue weighted by Crippen LogP contribution is -2.32. The molecule has 114 valence electrons. The minimum atomic E-state index is -1.20. The monoisotopic (exact) mass is 297 g/mol. The van der Waals surface area contributed by atoms with Gasteiger partial charge in [-0.3, -0.25) is 14.9 Å². The van der Waals surface area contributed by atoms with Crippen LogP contribution in [0.1, 0.15) is 24.2 Å². The normalized spacial score (nSPS) is 11.8. The summed E-state index contributed by atoms with van der Waals surface area (Å²) in [6.45, 7) is 3.28. The second-order valence-electron chi connectivity index (χ2n) is 4.56. The Morgan fingerprint density at radius 3 is 2.38 bits per heavy atom. The molecule has 0 bridgehead atoms. The highest BCUT2D eigenvalue weighted by atomic mass is 16.6. The summed E-state index contributed by atoms with van der Waals surface area (Å²) < 4.78 is 10.3. The number of ether oxygens (including phenoxy) is 2. The maximum atomic E-state index is 11.1. The molecule has 1 atom stereocenters. The Morgan fingerprint density at radius 2 is 2.00 bits per heavy atom. The third-order valence-electron chi connectivity index (χ3n) is 2.74. The lowest BCUT2D eigenvalue weighted by Gasteiger charge is -2.20. The summed E-state index contributed by atoms with van der Waals surface area (Å²) in [4.78, 5) is 32.2. The van der Waals surface area contributed by atoms with Gasteiger partial charge >= 0.3 is 5.97 Å². The second-order valence-corrected chi connectivity index (χ2v) is 4.56. The van der Waals surface area contributed by atoms with E-state index in [9.17, 15) is 19.7 Å². The van der Waals surface area contributed by atoms with Crippen LogP contribution >= 0.6 is 0 Å². The second kappa shape index (κ2) is 6.69. The summed E-state index contributed by atoms with van der Waals surface area (Å²) in [6.07, 6.45) is -0.873. The molecule has 0 aliphatic heterocycles. The van der Waals surface area contributed by atoms with Gasteiger partial charge in [0.1, 0.15) is 0 Å². The molecule has 1 aromatic carbocycles. The Kier molecular flexibility index (Phi) is 5.23.